The maximum atomic E-state index is 13.6. The number of nitrogens with zero attached hydrogens (tertiary/aromatic N) is 3. The Hall–Kier alpha value is -4.49. The summed E-state index contributed by atoms with van der Waals surface area (Å²) < 4.78 is 23.5. The Kier molecular flexibility index (Phi) is 11.4. The van der Waals surface area contributed by atoms with Gasteiger partial charge in [-0.2, -0.15) is 0 Å². The lowest BCUT2D eigenvalue weighted by Crippen LogP contribution is -2.38. The molecule has 0 radical (unpaired) electrons. The molecule has 0 bridgehead atoms. The number of methoxy groups -OCH3 is 1. The number of benzene rings is 3. The summed E-state index contributed by atoms with van der Waals surface area (Å²) in [5.74, 6) is 0.542. The first kappa shape index (κ1) is 34.4. The number of carbonyl (C=O) groups excluding carboxylic acids is 1. The van der Waals surface area contributed by atoms with E-state index < -0.39 is 5.97 Å². The highest BCUT2D eigenvalue weighted by atomic mass is 32.2. The molecule has 0 aliphatic carbocycles. The fourth-order valence-corrected chi connectivity index (χ4v) is 6.97. The fraction of sp³-hybridized carbons (Fsp3) is 0.297. The Morgan fingerprint density at radius 3 is 2.59 bits per heavy atom. The third kappa shape index (κ3) is 8.76. The van der Waals surface area contributed by atoms with Crippen LogP contribution in [0.25, 0.3) is 28.1 Å². The smallest absolute Gasteiger partial charge is 0.307 e. The van der Waals surface area contributed by atoms with E-state index in [1.807, 2.05) is 54.7 Å². The van der Waals surface area contributed by atoms with Crippen molar-refractivity contribution in [2.45, 2.75) is 12.8 Å². The Morgan fingerprint density at radius 1 is 0.980 bits per heavy atom. The van der Waals surface area contributed by atoms with Crippen LogP contribution in [0.2, 0.25) is 0 Å². The van der Waals surface area contributed by atoms with Crippen molar-refractivity contribution < 1.29 is 33.6 Å². The van der Waals surface area contributed by atoms with Gasteiger partial charge in [-0.1, -0.05) is 54.3 Å². The number of para-hydroxylation sites is 1. The van der Waals surface area contributed by atoms with Crippen LogP contribution in [0.15, 0.2) is 77.8 Å². The normalized spacial score (nSPS) is 16.0. The molecule has 3 aromatic carbocycles. The van der Waals surface area contributed by atoms with Crippen LogP contribution in [0, 0.1) is 0 Å². The van der Waals surface area contributed by atoms with Crippen molar-refractivity contribution in [3.63, 3.8) is 0 Å². The molecule has 12 heteroatoms. The zero-order valence-corrected chi connectivity index (χ0v) is 28.8. The fourth-order valence-electron chi connectivity index (χ4n) is 5.67. The second kappa shape index (κ2) is 16.3. The molecule has 1 amide bonds. The molecule has 2 fully saturated rings. The van der Waals surface area contributed by atoms with E-state index in [1.54, 1.807) is 23.1 Å². The van der Waals surface area contributed by atoms with Crippen molar-refractivity contribution in [2.24, 2.45) is 0 Å². The number of morpholine rings is 1. The van der Waals surface area contributed by atoms with Crippen LogP contribution in [0.1, 0.15) is 17.5 Å². The van der Waals surface area contributed by atoms with Gasteiger partial charge in [0.2, 0.25) is 0 Å². The predicted molar refractivity (Wildman–Crippen MR) is 194 cm³/mol. The van der Waals surface area contributed by atoms with E-state index in [1.165, 1.54) is 18.9 Å². The monoisotopic (exact) mass is 699 g/mol. The summed E-state index contributed by atoms with van der Waals surface area (Å²) in [6.07, 6.45) is 4.11. The summed E-state index contributed by atoms with van der Waals surface area (Å²) in [4.78, 5) is 33.8. The highest BCUT2D eigenvalue weighted by molar-refractivity contribution is 8.26. The van der Waals surface area contributed by atoms with Crippen molar-refractivity contribution in [1.29, 1.82) is 0 Å². The number of thiocarbonyl (C=S) groups is 1. The van der Waals surface area contributed by atoms with Crippen LogP contribution < -0.4 is 14.2 Å². The van der Waals surface area contributed by atoms with Gasteiger partial charge in [-0.05, 0) is 60.0 Å². The number of hydrogen-bond donors (Lipinski definition) is 1. The third-order valence-electron chi connectivity index (χ3n) is 8.23. The molecule has 4 aromatic rings. The van der Waals surface area contributed by atoms with Crippen LogP contribution in [0.4, 0.5) is 0 Å². The first-order valence-electron chi connectivity index (χ1n) is 16.1. The van der Waals surface area contributed by atoms with Gasteiger partial charge in [0.25, 0.3) is 5.91 Å². The first-order chi connectivity index (χ1) is 23.9. The van der Waals surface area contributed by atoms with Gasteiger partial charge in [0.15, 0.2) is 11.5 Å². The predicted octanol–water partition coefficient (Wildman–Crippen LogP) is 5.92. The highest BCUT2D eigenvalue weighted by Crippen LogP contribution is 2.36. The molecule has 6 rings (SSSR count). The minimum absolute atomic E-state index is 0.119. The lowest BCUT2D eigenvalue weighted by atomic mass is 10.0. The summed E-state index contributed by atoms with van der Waals surface area (Å²) in [5, 5.41) is 10.2. The summed E-state index contributed by atoms with van der Waals surface area (Å²) in [6, 6.07) is 21.2. The number of aliphatic carboxylic acids is 1. The minimum atomic E-state index is -0.928. The number of ether oxygens (including phenoxy) is 4. The van der Waals surface area contributed by atoms with Gasteiger partial charge in [-0.3, -0.25) is 24.4 Å². The van der Waals surface area contributed by atoms with Gasteiger partial charge in [-0.25, -0.2) is 0 Å². The van der Waals surface area contributed by atoms with Gasteiger partial charge in [0.05, 0.1) is 43.8 Å². The molecular formula is C37H37N3O7S2. The van der Waals surface area contributed by atoms with E-state index in [0.29, 0.717) is 51.6 Å². The lowest BCUT2D eigenvalue weighted by Gasteiger charge is -2.26. The average Bonchev–Trinajstić information content (AvgIpc) is 3.38. The van der Waals surface area contributed by atoms with Gasteiger partial charge in [0, 0.05) is 48.9 Å². The maximum Gasteiger partial charge on any atom is 0.307 e. The first-order valence-corrected chi connectivity index (χ1v) is 17.3. The van der Waals surface area contributed by atoms with Crippen LogP contribution >= 0.6 is 24.0 Å². The van der Waals surface area contributed by atoms with Gasteiger partial charge in [-0.15, -0.1) is 0 Å². The molecule has 1 N–H and O–H groups in total. The number of thioether (sulfide) groups is 1. The van der Waals surface area contributed by atoms with Gasteiger partial charge in [0.1, 0.15) is 16.7 Å². The molecule has 1 aromatic heterocycles. The number of aromatic nitrogens is 1. The summed E-state index contributed by atoms with van der Waals surface area (Å²) in [5.41, 5.74) is 4.24. The second-order valence-electron chi connectivity index (χ2n) is 11.6. The van der Waals surface area contributed by atoms with Crippen molar-refractivity contribution in [1.82, 2.24) is 14.8 Å². The van der Waals surface area contributed by atoms with E-state index >= 15 is 0 Å². The number of amides is 1. The van der Waals surface area contributed by atoms with Gasteiger partial charge >= 0.3 is 5.97 Å². The topological polar surface area (TPSA) is 111 Å². The van der Waals surface area contributed by atoms with E-state index in [4.69, 9.17) is 36.3 Å². The Labute approximate surface area is 294 Å². The summed E-state index contributed by atoms with van der Waals surface area (Å²) in [6.45, 7) is 5.13. The molecule has 10 nitrogen and oxygen atoms in total. The number of fused-ring (bicyclic) bond motifs is 1. The third-order valence-corrected chi connectivity index (χ3v) is 9.61. The van der Waals surface area contributed by atoms with Crippen molar-refractivity contribution in [3.8, 4) is 28.4 Å². The number of rotatable bonds is 14. The maximum absolute atomic E-state index is 13.6. The van der Waals surface area contributed by atoms with Gasteiger partial charge < -0.3 is 24.1 Å². The van der Waals surface area contributed by atoms with Crippen molar-refractivity contribution in [3.05, 3.63) is 89.0 Å². The number of hydrogen-bond acceptors (Lipinski definition) is 10. The molecule has 254 valence electrons. The van der Waals surface area contributed by atoms with Crippen LogP contribution in [-0.4, -0.2) is 95.8 Å². The largest absolute Gasteiger partial charge is 0.493 e. The zero-order chi connectivity index (χ0) is 34.2. The molecule has 3 heterocycles. The Bertz CT molecular complexity index is 1880. The minimum Gasteiger partial charge on any atom is -0.493 e. The quantitative estimate of drug-likeness (QED) is 0.0963. The Morgan fingerprint density at radius 2 is 1.78 bits per heavy atom. The van der Waals surface area contributed by atoms with Crippen LogP contribution in [0.5, 0.6) is 17.2 Å². The van der Waals surface area contributed by atoms with E-state index in [2.05, 4.69) is 16.0 Å². The number of carboxylic acid groups (broad SMARTS) is 1. The average molecular weight is 700 g/mol. The van der Waals surface area contributed by atoms with Crippen molar-refractivity contribution >= 4 is 57.2 Å². The summed E-state index contributed by atoms with van der Waals surface area (Å²) in [7, 11) is 1.53. The lowest BCUT2D eigenvalue weighted by molar-refractivity contribution is -0.136. The second-order valence-corrected chi connectivity index (χ2v) is 13.2. The molecule has 0 unspecified atom stereocenters. The van der Waals surface area contributed by atoms with E-state index in [0.717, 1.165) is 60.4 Å². The molecule has 0 saturated carbocycles. The number of carbonyl (C=O) groups is 2. The van der Waals surface area contributed by atoms with Crippen LogP contribution in [0.3, 0.4) is 0 Å². The van der Waals surface area contributed by atoms with Crippen LogP contribution in [-0.2, 0) is 20.7 Å². The molecule has 2 aliphatic heterocycles. The Balaban J connectivity index is 1.16. The SMILES string of the molecule is COc1ccc(CC(=O)O)cc1OCCCN1C(=O)/C(=C/c2cc(-c3cnc4ccccc4c3)ccc2OCCN2CCOCC2)SC1=S. The highest BCUT2D eigenvalue weighted by Gasteiger charge is 2.32. The molecule has 49 heavy (non-hydrogen) atoms. The molecule has 0 atom stereocenters. The zero-order valence-electron chi connectivity index (χ0n) is 27.1. The van der Waals surface area contributed by atoms with E-state index in [9.17, 15) is 9.59 Å². The van der Waals surface area contributed by atoms with Crippen molar-refractivity contribution in [2.75, 3.05) is 59.7 Å². The molecule has 0 spiro atoms. The standard InChI is InChI=1S/C37H37N3O7S2/c1-44-32-9-7-25(20-35(41)42)19-33(32)46-15-4-11-40-36(43)34(49-37(40)48)23-28-21-26(29-22-27-5-2-3-6-30(27)38-24-29)8-10-31(28)47-18-14-39-12-16-45-17-13-39/h2-3,5-10,19,21-24H,4,11-18,20H2,1H3,(H,41,42)/b34-23-. The number of pyridine rings is 1. The molecule has 2 saturated heterocycles. The number of carboxylic acids is 1. The molecular weight excluding hydrogens is 663 g/mol. The summed E-state index contributed by atoms with van der Waals surface area (Å²) >= 11 is 6.89. The van der Waals surface area contributed by atoms with E-state index in [-0.39, 0.29) is 18.9 Å². The molecule has 2 aliphatic rings.